The van der Waals surface area contributed by atoms with Crippen molar-refractivity contribution in [3.8, 4) is 17.0 Å². The fraction of sp³-hybridized carbons (Fsp3) is 0.250. The summed E-state index contributed by atoms with van der Waals surface area (Å²) in [6, 6.07) is 4.67. The molecule has 5 heteroatoms. The van der Waals surface area contributed by atoms with Gasteiger partial charge in [0.25, 0.3) is 0 Å². The Hall–Kier alpha value is -2.04. The minimum Gasteiger partial charge on any atom is -0.492 e. The predicted molar refractivity (Wildman–Crippen MR) is 60.1 cm³/mol. The monoisotopic (exact) mass is 234 g/mol. The van der Waals surface area contributed by atoms with E-state index in [1.165, 1.54) is 12.1 Å². The first-order valence-corrected chi connectivity index (χ1v) is 5.42. The molecule has 4 nitrogen and oxygen atoms in total. The molecule has 0 amide bonds. The van der Waals surface area contributed by atoms with Gasteiger partial charge in [-0.05, 0) is 24.5 Å². The number of nitrogens with zero attached hydrogens (tertiary/aromatic N) is 1. The second kappa shape index (κ2) is 3.76. The molecule has 0 unspecified atom stereocenters. The summed E-state index contributed by atoms with van der Waals surface area (Å²) in [5.74, 6) is 0.344. The average Bonchev–Trinajstić information content (AvgIpc) is 2.75. The molecule has 3 rings (SSSR count). The molecule has 1 aliphatic rings. The van der Waals surface area contributed by atoms with Gasteiger partial charge in [-0.25, -0.2) is 4.39 Å². The molecule has 0 fully saturated rings. The largest absolute Gasteiger partial charge is 0.492 e. The molecule has 0 spiro atoms. The van der Waals surface area contributed by atoms with Crippen LogP contribution in [0.2, 0.25) is 0 Å². The summed E-state index contributed by atoms with van der Waals surface area (Å²) < 4.78 is 24.2. The Kier molecular flexibility index (Phi) is 2.24. The number of benzene rings is 1. The molecule has 1 aliphatic heterocycles. The van der Waals surface area contributed by atoms with Gasteiger partial charge in [0.1, 0.15) is 17.3 Å². The van der Waals surface area contributed by atoms with Crippen molar-refractivity contribution < 1.29 is 13.7 Å². The van der Waals surface area contributed by atoms with E-state index in [-0.39, 0.29) is 11.7 Å². The van der Waals surface area contributed by atoms with Gasteiger partial charge in [-0.3, -0.25) is 0 Å². The standard InChI is InChI=1S/C12H11FN2O2/c13-8-4-3-7-2-1-5-16-12(7)11(8)9-6-10(14)17-15-9/h3-4,6H,1-2,5,14H2. The van der Waals surface area contributed by atoms with Crippen LogP contribution in [0.4, 0.5) is 10.3 Å². The van der Waals surface area contributed by atoms with Crippen molar-refractivity contribution in [3.05, 3.63) is 29.6 Å². The van der Waals surface area contributed by atoms with Gasteiger partial charge in [-0.2, -0.15) is 0 Å². The van der Waals surface area contributed by atoms with E-state index >= 15 is 0 Å². The van der Waals surface area contributed by atoms with Crippen molar-refractivity contribution in [1.29, 1.82) is 0 Å². The van der Waals surface area contributed by atoms with E-state index in [0.29, 0.717) is 23.6 Å². The number of nitrogen functional groups attached to an aromatic ring is 1. The van der Waals surface area contributed by atoms with Crippen molar-refractivity contribution in [2.24, 2.45) is 0 Å². The number of anilines is 1. The number of aryl methyl sites for hydroxylation is 1. The van der Waals surface area contributed by atoms with Gasteiger partial charge in [0.2, 0.25) is 5.88 Å². The van der Waals surface area contributed by atoms with Gasteiger partial charge in [-0.15, -0.1) is 0 Å². The summed E-state index contributed by atoms with van der Waals surface area (Å²) in [6.07, 6.45) is 1.83. The fourth-order valence-corrected chi connectivity index (χ4v) is 2.05. The highest BCUT2D eigenvalue weighted by Crippen LogP contribution is 2.38. The smallest absolute Gasteiger partial charge is 0.222 e. The number of nitrogens with two attached hydrogens (primary N) is 1. The Morgan fingerprint density at radius 2 is 2.24 bits per heavy atom. The summed E-state index contributed by atoms with van der Waals surface area (Å²) in [5, 5.41) is 3.73. The van der Waals surface area contributed by atoms with Crippen LogP contribution in [-0.4, -0.2) is 11.8 Å². The Labute approximate surface area is 97.2 Å². The van der Waals surface area contributed by atoms with Crippen LogP contribution in [0.1, 0.15) is 12.0 Å². The molecule has 0 saturated carbocycles. The lowest BCUT2D eigenvalue weighted by molar-refractivity contribution is 0.288. The lowest BCUT2D eigenvalue weighted by Crippen LogP contribution is -2.10. The van der Waals surface area contributed by atoms with Gasteiger partial charge in [0, 0.05) is 6.07 Å². The maximum absolute atomic E-state index is 13.9. The first-order chi connectivity index (χ1) is 8.25. The first-order valence-electron chi connectivity index (χ1n) is 5.42. The Bertz CT molecular complexity index is 566. The van der Waals surface area contributed by atoms with Crippen LogP contribution >= 0.6 is 0 Å². The Balaban J connectivity index is 2.20. The molecule has 0 aliphatic carbocycles. The van der Waals surface area contributed by atoms with E-state index in [9.17, 15) is 4.39 Å². The van der Waals surface area contributed by atoms with Crippen LogP contribution in [-0.2, 0) is 6.42 Å². The molecule has 1 aromatic carbocycles. The van der Waals surface area contributed by atoms with E-state index in [2.05, 4.69) is 5.16 Å². The van der Waals surface area contributed by atoms with E-state index in [1.807, 2.05) is 0 Å². The second-order valence-electron chi connectivity index (χ2n) is 3.98. The molecule has 0 saturated heterocycles. The molecule has 0 bridgehead atoms. The normalized spacial score (nSPS) is 14.2. The highest BCUT2D eigenvalue weighted by molar-refractivity contribution is 5.71. The van der Waals surface area contributed by atoms with Crippen molar-refractivity contribution in [1.82, 2.24) is 5.16 Å². The van der Waals surface area contributed by atoms with Crippen molar-refractivity contribution >= 4 is 5.88 Å². The Morgan fingerprint density at radius 3 is 3.00 bits per heavy atom. The zero-order valence-corrected chi connectivity index (χ0v) is 9.07. The molecule has 0 radical (unpaired) electrons. The third kappa shape index (κ3) is 1.63. The van der Waals surface area contributed by atoms with Crippen molar-refractivity contribution in [2.45, 2.75) is 12.8 Å². The van der Waals surface area contributed by atoms with Crippen LogP contribution in [0, 0.1) is 5.82 Å². The summed E-state index contributed by atoms with van der Waals surface area (Å²) in [7, 11) is 0. The number of hydrogen-bond donors (Lipinski definition) is 1. The van der Waals surface area contributed by atoms with Gasteiger partial charge < -0.3 is 15.0 Å². The van der Waals surface area contributed by atoms with Crippen LogP contribution in [0.25, 0.3) is 11.3 Å². The zero-order valence-electron chi connectivity index (χ0n) is 9.07. The highest BCUT2D eigenvalue weighted by Gasteiger charge is 2.21. The van der Waals surface area contributed by atoms with E-state index < -0.39 is 0 Å². The SMILES string of the molecule is Nc1cc(-c2c(F)ccc3c2OCCC3)no1. The van der Waals surface area contributed by atoms with E-state index in [1.54, 1.807) is 6.07 Å². The van der Waals surface area contributed by atoms with E-state index in [0.717, 1.165) is 18.4 Å². The van der Waals surface area contributed by atoms with Crippen LogP contribution < -0.4 is 10.5 Å². The molecule has 0 atom stereocenters. The first kappa shape index (κ1) is 10.1. The van der Waals surface area contributed by atoms with Gasteiger partial charge in [-0.1, -0.05) is 11.2 Å². The predicted octanol–water partition coefficient (Wildman–Crippen LogP) is 2.39. The maximum atomic E-state index is 13.9. The lowest BCUT2D eigenvalue weighted by Gasteiger charge is -2.19. The van der Waals surface area contributed by atoms with Gasteiger partial charge in [0.05, 0.1) is 12.2 Å². The molecule has 1 aromatic heterocycles. The topological polar surface area (TPSA) is 61.3 Å². The van der Waals surface area contributed by atoms with Crippen molar-refractivity contribution in [3.63, 3.8) is 0 Å². The van der Waals surface area contributed by atoms with Gasteiger partial charge >= 0.3 is 0 Å². The number of hydrogen-bond acceptors (Lipinski definition) is 4. The second-order valence-corrected chi connectivity index (χ2v) is 3.98. The number of rotatable bonds is 1. The summed E-state index contributed by atoms with van der Waals surface area (Å²) in [5.41, 5.74) is 7.15. The van der Waals surface area contributed by atoms with E-state index in [4.69, 9.17) is 15.0 Å². The molecule has 2 aromatic rings. The van der Waals surface area contributed by atoms with Gasteiger partial charge in [0.15, 0.2) is 0 Å². The number of halogens is 1. The van der Waals surface area contributed by atoms with Crippen molar-refractivity contribution in [2.75, 3.05) is 12.3 Å². The summed E-state index contributed by atoms with van der Waals surface area (Å²) >= 11 is 0. The van der Waals surface area contributed by atoms with Crippen LogP contribution in [0.3, 0.4) is 0 Å². The third-order valence-corrected chi connectivity index (χ3v) is 2.81. The highest BCUT2D eigenvalue weighted by atomic mass is 19.1. The maximum Gasteiger partial charge on any atom is 0.222 e. The molecule has 88 valence electrons. The molecular weight excluding hydrogens is 223 g/mol. The minimum atomic E-state index is -0.376. The number of aromatic nitrogens is 1. The summed E-state index contributed by atoms with van der Waals surface area (Å²) in [4.78, 5) is 0. The third-order valence-electron chi connectivity index (χ3n) is 2.81. The fourth-order valence-electron chi connectivity index (χ4n) is 2.05. The van der Waals surface area contributed by atoms with Crippen LogP contribution in [0.15, 0.2) is 22.7 Å². The molecule has 2 N–H and O–H groups in total. The number of fused-ring (bicyclic) bond motifs is 1. The summed E-state index contributed by atoms with van der Waals surface area (Å²) in [6.45, 7) is 0.594. The molecule has 17 heavy (non-hydrogen) atoms. The molecular formula is C12H11FN2O2. The molecule has 2 heterocycles. The number of ether oxygens (including phenoxy) is 1. The zero-order chi connectivity index (χ0) is 11.8. The lowest BCUT2D eigenvalue weighted by atomic mass is 10.00. The van der Waals surface area contributed by atoms with Crippen LogP contribution in [0.5, 0.6) is 5.75 Å². The Morgan fingerprint density at radius 1 is 1.35 bits per heavy atom. The quantitative estimate of drug-likeness (QED) is 0.822. The minimum absolute atomic E-state index is 0.160. The average molecular weight is 234 g/mol.